The molecule has 2 rings (SSSR count). The number of hydrogen-bond donors (Lipinski definition) is 1. The van der Waals surface area contributed by atoms with Gasteiger partial charge in [0.1, 0.15) is 5.75 Å². The fraction of sp³-hybridized carbons (Fsp3) is 0.300. The number of hydrogen-bond acceptors (Lipinski definition) is 3. The van der Waals surface area contributed by atoms with Crippen LogP contribution in [-0.2, 0) is 16.1 Å². The van der Waals surface area contributed by atoms with Gasteiger partial charge in [-0.15, -0.1) is 0 Å². The molecule has 0 aliphatic rings. The summed E-state index contributed by atoms with van der Waals surface area (Å²) in [5.41, 5.74) is 1.47. The van der Waals surface area contributed by atoms with Gasteiger partial charge in [0.05, 0.1) is 11.8 Å². The molecule has 2 aromatic carbocycles. The van der Waals surface area contributed by atoms with Gasteiger partial charge in [0, 0.05) is 13.1 Å². The normalized spacial score (nSPS) is 10.4. The SMILES string of the molecule is CCN(Cc1ccccc1)C(=O)C(=O)Nc1ccccc1OC(C)C. The molecule has 0 radical (unpaired) electrons. The molecule has 0 unspecified atom stereocenters. The molecule has 0 bridgehead atoms. The number of likely N-dealkylation sites (N-methyl/N-ethyl adjacent to an activating group) is 1. The topological polar surface area (TPSA) is 58.6 Å². The second-order valence-electron chi connectivity index (χ2n) is 5.92. The van der Waals surface area contributed by atoms with E-state index in [0.29, 0.717) is 24.5 Å². The maximum atomic E-state index is 12.5. The first-order valence-corrected chi connectivity index (χ1v) is 8.41. The number of benzene rings is 2. The monoisotopic (exact) mass is 340 g/mol. The van der Waals surface area contributed by atoms with Crippen LogP contribution in [0.1, 0.15) is 26.3 Å². The Balaban J connectivity index is 2.07. The van der Waals surface area contributed by atoms with Crippen LogP contribution in [0.3, 0.4) is 0 Å². The summed E-state index contributed by atoms with van der Waals surface area (Å²) < 4.78 is 5.67. The minimum atomic E-state index is -0.669. The van der Waals surface area contributed by atoms with E-state index in [1.165, 1.54) is 4.90 Å². The first-order chi connectivity index (χ1) is 12.0. The van der Waals surface area contributed by atoms with E-state index in [2.05, 4.69) is 5.32 Å². The maximum Gasteiger partial charge on any atom is 0.314 e. The zero-order valence-electron chi connectivity index (χ0n) is 14.9. The Labute approximate surface area is 148 Å². The summed E-state index contributed by atoms with van der Waals surface area (Å²) in [4.78, 5) is 26.4. The third kappa shape index (κ3) is 5.35. The van der Waals surface area contributed by atoms with Crippen molar-refractivity contribution in [2.75, 3.05) is 11.9 Å². The molecule has 0 fully saturated rings. The molecule has 0 atom stereocenters. The van der Waals surface area contributed by atoms with Crippen molar-refractivity contribution < 1.29 is 14.3 Å². The maximum absolute atomic E-state index is 12.5. The zero-order chi connectivity index (χ0) is 18.2. The fourth-order valence-corrected chi connectivity index (χ4v) is 2.38. The summed E-state index contributed by atoms with van der Waals surface area (Å²) in [5.74, 6) is -0.687. The Bertz CT molecular complexity index is 714. The minimum absolute atomic E-state index is 0.0287. The molecular weight excluding hydrogens is 316 g/mol. The molecule has 0 aromatic heterocycles. The van der Waals surface area contributed by atoms with Crippen LogP contribution < -0.4 is 10.1 Å². The van der Waals surface area contributed by atoms with Gasteiger partial charge in [-0.25, -0.2) is 0 Å². The third-order valence-corrected chi connectivity index (χ3v) is 3.58. The molecule has 2 aromatic rings. The number of carbonyl (C=O) groups is 2. The van der Waals surface area contributed by atoms with Crippen molar-refractivity contribution in [2.24, 2.45) is 0 Å². The summed E-state index contributed by atoms with van der Waals surface area (Å²) >= 11 is 0. The van der Waals surface area contributed by atoms with E-state index in [4.69, 9.17) is 4.74 Å². The molecule has 0 saturated heterocycles. The average molecular weight is 340 g/mol. The Kier molecular flexibility index (Phi) is 6.57. The van der Waals surface area contributed by atoms with Gasteiger partial charge in [0.2, 0.25) is 0 Å². The lowest BCUT2D eigenvalue weighted by atomic mass is 10.2. The molecule has 5 heteroatoms. The highest BCUT2D eigenvalue weighted by Gasteiger charge is 2.22. The molecular formula is C20H24N2O3. The molecule has 2 amide bonds. The highest BCUT2D eigenvalue weighted by Crippen LogP contribution is 2.24. The Hall–Kier alpha value is -2.82. The van der Waals surface area contributed by atoms with Crippen LogP contribution in [0.25, 0.3) is 0 Å². The van der Waals surface area contributed by atoms with Crippen LogP contribution >= 0.6 is 0 Å². The van der Waals surface area contributed by atoms with Gasteiger partial charge in [-0.2, -0.15) is 0 Å². The zero-order valence-corrected chi connectivity index (χ0v) is 14.9. The molecule has 25 heavy (non-hydrogen) atoms. The predicted molar refractivity (Wildman–Crippen MR) is 98.4 cm³/mol. The number of nitrogens with zero attached hydrogens (tertiary/aromatic N) is 1. The smallest absolute Gasteiger partial charge is 0.314 e. The van der Waals surface area contributed by atoms with Crippen LogP contribution in [0.4, 0.5) is 5.69 Å². The molecule has 0 spiro atoms. The number of ether oxygens (including phenoxy) is 1. The van der Waals surface area contributed by atoms with Gasteiger partial charge in [0.15, 0.2) is 0 Å². The highest BCUT2D eigenvalue weighted by molar-refractivity contribution is 6.39. The van der Waals surface area contributed by atoms with Crippen molar-refractivity contribution in [3.8, 4) is 5.75 Å². The van der Waals surface area contributed by atoms with E-state index >= 15 is 0 Å². The summed E-state index contributed by atoms with van der Waals surface area (Å²) in [5, 5.41) is 2.66. The van der Waals surface area contributed by atoms with Crippen LogP contribution in [0, 0.1) is 0 Å². The number of rotatable bonds is 6. The van der Waals surface area contributed by atoms with Crippen molar-refractivity contribution in [3.63, 3.8) is 0 Å². The summed E-state index contributed by atoms with van der Waals surface area (Å²) in [6.07, 6.45) is -0.0287. The van der Waals surface area contributed by atoms with Gasteiger partial charge in [-0.3, -0.25) is 9.59 Å². The first-order valence-electron chi connectivity index (χ1n) is 8.41. The standard InChI is InChI=1S/C20H24N2O3/c1-4-22(14-16-10-6-5-7-11-16)20(24)19(23)21-17-12-8-9-13-18(17)25-15(2)3/h5-13,15H,4,14H2,1-3H3,(H,21,23). The van der Waals surface area contributed by atoms with Crippen LogP contribution in [0.2, 0.25) is 0 Å². The largest absolute Gasteiger partial charge is 0.489 e. The molecule has 0 aliphatic carbocycles. The van der Waals surface area contributed by atoms with E-state index in [0.717, 1.165) is 5.56 Å². The molecule has 5 nitrogen and oxygen atoms in total. The summed E-state index contributed by atoms with van der Waals surface area (Å²) in [7, 11) is 0. The molecule has 132 valence electrons. The Morgan fingerprint density at radius 2 is 1.68 bits per heavy atom. The number of nitrogens with one attached hydrogen (secondary N) is 1. The molecule has 1 N–H and O–H groups in total. The van der Waals surface area contributed by atoms with E-state index in [1.807, 2.05) is 57.2 Å². The number of anilines is 1. The second kappa shape index (κ2) is 8.87. The van der Waals surface area contributed by atoms with Gasteiger partial charge in [0.25, 0.3) is 0 Å². The Morgan fingerprint density at radius 1 is 1.04 bits per heavy atom. The number of carbonyl (C=O) groups excluding carboxylic acids is 2. The van der Waals surface area contributed by atoms with Crippen molar-refractivity contribution in [1.82, 2.24) is 4.90 Å². The summed E-state index contributed by atoms with van der Waals surface area (Å²) in [6.45, 7) is 6.51. The molecule has 0 saturated carbocycles. The van der Waals surface area contributed by atoms with E-state index in [-0.39, 0.29) is 6.10 Å². The van der Waals surface area contributed by atoms with Gasteiger partial charge in [-0.05, 0) is 38.5 Å². The van der Waals surface area contributed by atoms with Gasteiger partial charge in [-0.1, -0.05) is 42.5 Å². The fourth-order valence-electron chi connectivity index (χ4n) is 2.38. The molecule has 0 heterocycles. The van der Waals surface area contributed by atoms with E-state index in [1.54, 1.807) is 18.2 Å². The lowest BCUT2D eigenvalue weighted by molar-refractivity contribution is -0.143. The minimum Gasteiger partial charge on any atom is -0.489 e. The third-order valence-electron chi connectivity index (χ3n) is 3.58. The van der Waals surface area contributed by atoms with Crippen LogP contribution in [0.15, 0.2) is 54.6 Å². The number of para-hydroxylation sites is 2. The lowest BCUT2D eigenvalue weighted by Gasteiger charge is -2.21. The second-order valence-corrected chi connectivity index (χ2v) is 5.92. The van der Waals surface area contributed by atoms with Gasteiger partial charge >= 0.3 is 11.8 Å². The average Bonchev–Trinajstić information content (AvgIpc) is 2.61. The predicted octanol–water partition coefficient (Wildman–Crippen LogP) is 3.46. The first kappa shape index (κ1) is 18.5. The summed E-state index contributed by atoms with van der Waals surface area (Å²) in [6, 6.07) is 16.7. The quantitative estimate of drug-likeness (QED) is 0.819. The van der Waals surface area contributed by atoms with Crippen LogP contribution in [0.5, 0.6) is 5.75 Å². The van der Waals surface area contributed by atoms with E-state index in [9.17, 15) is 9.59 Å². The van der Waals surface area contributed by atoms with Crippen molar-refractivity contribution in [2.45, 2.75) is 33.4 Å². The van der Waals surface area contributed by atoms with Crippen molar-refractivity contribution >= 4 is 17.5 Å². The lowest BCUT2D eigenvalue weighted by Crippen LogP contribution is -2.39. The molecule has 0 aliphatic heterocycles. The van der Waals surface area contributed by atoms with Gasteiger partial charge < -0.3 is 15.0 Å². The van der Waals surface area contributed by atoms with E-state index < -0.39 is 11.8 Å². The Morgan fingerprint density at radius 3 is 2.32 bits per heavy atom. The van der Waals surface area contributed by atoms with Crippen molar-refractivity contribution in [1.29, 1.82) is 0 Å². The van der Waals surface area contributed by atoms with Crippen LogP contribution in [-0.4, -0.2) is 29.4 Å². The highest BCUT2D eigenvalue weighted by atomic mass is 16.5. The number of amides is 2. The van der Waals surface area contributed by atoms with Crippen molar-refractivity contribution in [3.05, 3.63) is 60.2 Å².